The minimum atomic E-state index is 0.0253. The summed E-state index contributed by atoms with van der Waals surface area (Å²) >= 11 is 0. The topological polar surface area (TPSA) is 51.2 Å². The highest BCUT2D eigenvalue weighted by molar-refractivity contribution is 6.02. The van der Waals surface area contributed by atoms with Gasteiger partial charge in [-0.1, -0.05) is 30.3 Å². The van der Waals surface area contributed by atoms with Crippen LogP contribution in [0.25, 0.3) is 10.9 Å². The number of fused-ring (bicyclic) bond motifs is 1. The molecule has 3 aromatic rings. The number of pyridine rings is 1. The van der Waals surface area contributed by atoms with Crippen LogP contribution in [0.3, 0.4) is 0 Å². The Bertz CT molecular complexity index is 884. The number of rotatable bonds is 4. The van der Waals surface area contributed by atoms with Crippen molar-refractivity contribution in [2.24, 2.45) is 5.92 Å². The van der Waals surface area contributed by atoms with E-state index in [1.54, 1.807) is 13.3 Å². The third kappa shape index (κ3) is 2.71. The first-order valence-corrected chi connectivity index (χ1v) is 8.05. The highest BCUT2D eigenvalue weighted by Gasteiger charge is 2.44. The SMILES string of the molecule is COc1ccc([C@H]2C[C@H]2C(=O)Nc2cccc3cccnc23)cc1. The van der Waals surface area contributed by atoms with Gasteiger partial charge in [-0.05, 0) is 42.2 Å². The van der Waals surface area contributed by atoms with E-state index in [1.807, 2.05) is 54.6 Å². The predicted molar refractivity (Wildman–Crippen MR) is 94.2 cm³/mol. The van der Waals surface area contributed by atoms with Crippen molar-refractivity contribution in [1.82, 2.24) is 4.98 Å². The number of carbonyl (C=O) groups excluding carboxylic acids is 1. The molecule has 0 aliphatic heterocycles. The van der Waals surface area contributed by atoms with Crippen LogP contribution in [0, 0.1) is 5.92 Å². The molecule has 1 aliphatic carbocycles. The van der Waals surface area contributed by atoms with E-state index >= 15 is 0 Å². The summed E-state index contributed by atoms with van der Waals surface area (Å²) in [6.07, 6.45) is 2.63. The van der Waals surface area contributed by atoms with Crippen LogP contribution in [0.2, 0.25) is 0 Å². The number of para-hydroxylation sites is 1. The van der Waals surface area contributed by atoms with E-state index in [4.69, 9.17) is 4.74 Å². The predicted octanol–water partition coefficient (Wildman–Crippen LogP) is 3.99. The summed E-state index contributed by atoms with van der Waals surface area (Å²) in [5, 5.41) is 4.07. The lowest BCUT2D eigenvalue weighted by atomic mass is 10.1. The van der Waals surface area contributed by atoms with E-state index in [1.165, 1.54) is 5.56 Å². The molecule has 0 bridgehead atoms. The third-order valence-electron chi connectivity index (χ3n) is 4.56. The van der Waals surface area contributed by atoms with Gasteiger partial charge in [0.25, 0.3) is 0 Å². The quantitative estimate of drug-likeness (QED) is 0.791. The van der Waals surface area contributed by atoms with E-state index in [-0.39, 0.29) is 11.8 Å². The van der Waals surface area contributed by atoms with Gasteiger partial charge in [0, 0.05) is 17.5 Å². The molecule has 1 amide bonds. The highest BCUT2D eigenvalue weighted by atomic mass is 16.5. The summed E-state index contributed by atoms with van der Waals surface area (Å²) in [5.41, 5.74) is 2.79. The summed E-state index contributed by atoms with van der Waals surface area (Å²) in [5.74, 6) is 1.22. The van der Waals surface area contributed by atoms with Gasteiger partial charge in [0.1, 0.15) is 5.75 Å². The van der Waals surface area contributed by atoms with Crippen molar-refractivity contribution < 1.29 is 9.53 Å². The summed E-state index contributed by atoms with van der Waals surface area (Å²) in [6.45, 7) is 0. The zero-order valence-electron chi connectivity index (χ0n) is 13.4. The largest absolute Gasteiger partial charge is 0.497 e. The molecule has 0 unspecified atom stereocenters. The lowest BCUT2D eigenvalue weighted by Crippen LogP contribution is -2.15. The fourth-order valence-corrected chi connectivity index (χ4v) is 3.13. The Balaban J connectivity index is 1.49. The third-order valence-corrected chi connectivity index (χ3v) is 4.56. The second-order valence-corrected chi connectivity index (χ2v) is 6.09. The number of nitrogens with one attached hydrogen (secondary N) is 1. The zero-order valence-corrected chi connectivity index (χ0v) is 13.4. The van der Waals surface area contributed by atoms with Gasteiger partial charge in [-0.3, -0.25) is 9.78 Å². The van der Waals surface area contributed by atoms with Gasteiger partial charge >= 0.3 is 0 Å². The molecule has 0 saturated heterocycles. The van der Waals surface area contributed by atoms with E-state index < -0.39 is 0 Å². The molecule has 1 fully saturated rings. The fourth-order valence-electron chi connectivity index (χ4n) is 3.13. The molecule has 4 rings (SSSR count). The van der Waals surface area contributed by atoms with Crippen LogP contribution < -0.4 is 10.1 Å². The molecule has 1 aliphatic rings. The second-order valence-electron chi connectivity index (χ2n) is 6.09. The lowest BCUT2D eigenvalue weighted by molar-refractivity contribution is -0.117. The van der Waals surface area contributed by atoms with Crippen molar-refractivity contribution >= 4 is 22.5 Å². The van der Waals surface area contributed by atoms with Gasteiger partial charge in [-0.2, -0.15) is 0 Å². The summed E-state index contributed by atoms with van der Waals surface area (Å²) in [6, 6.07) is 17.7. The Morgan fingerprint density at radius 1 is 1.12 bits per heavy atom. The number of methoxy groups -OCH3 is 1. The van der Waals surface area contributed by atoms with Crippen LogP contribution in [-0.2, 0) is 4.79 Å². The molecule has 2 aromatic carbocycles. The Kier molecular flexibility index (Phi) is 3.65. The van der Waals surface area contributed by atoms with Crippen molar-refractivity contribution in [3.63, 3.8) is 0 Å². The number of carbonyl (C=O) groups is 1. The van der Waals surface area contributed by atoms with Gasteiger partial charge < -0.3 is 10.1 Å². The van der Waals surface area contributed by atoms with Gasteiger partial charge in [0.2, 0.25) is 5.91 Å². The maximum atomic E-state index is 12.6. The van der Waals surface area contributed by atoms with Crippen LogP contribution in [0.15, 0.2) is 60.8 Å². The maximum Gasteiger partial charge on any atom is 0.228 e. The molecule has 0 radical (unpaired) electrons. The van der Waals surface area contributed by atoms with E-state index in [0.29, 0.717) is 5.92 Å². The average molecular weight is 318 g/mol. The molecule has 1 aromatic heterocycles. The Morgan fingerprint density at radius 2 is 1.92 bits per heavy atom. The Hall–Kier alpha value is -2.88. The van der Waals surface area contributed by atoms with Crippen LogP contribution in [0.5, 0.6) is 5.75 Å². The van der Waals surface area contributed by atoms with Crippen molar-refractivity contribution in [2.75, 3.05) is 12.4 Å². The molecule has 120 valence electrons. The number of aromatic nitrogens is 1. The Labute approximate surface area is 140 Å². The molecule has 1 N–H and O–H groups in total. The van der Waals surface area contributed by atoms with Gasteiger partial charge in [0.15, 0.2) is 0 Å². The summed E-state index contributed by atoms with van der Waals surface area (Å²) < 4.78 is 5.18. The highest BCUT2D eigenvalue weighted by Crippen LogP contribution is 2.48. The van der Waals surface area contributed by atoms with Gasteiger partial charge in [-0.25, -0.2) is 0 Å². The van der Waals surface area contributed by atoms with Gasteiger partial charge in [0.05, 0.1) is 18.3 Å². The summed E-state index contributed by atoms with van der Waals surface area (Å²) in [4.78, 5) is 16.9. The van der Waals surface area contributed by atoms with Crippen molar-refractivity contribution in [2.45, 2.75) is 12.3 Å². The number of ether oxygens (including phenoxy) is 1. The van der Waals surface area contributed by atoms with Crippen molar-refractivity contribution in [3.05, 3.63) is 66.4 Å². The number of hydrogen-bond acceptors (Lipinski definition) is 3. The first kappa shape index (κ1) is 14.7. The number of hydrogen-bond donors (Lipinski definition) is 1. The van der Waals surface area contributed by atoms with E-state index in [9.17, 15) is 4.79 Å². The van der Waals surface area contributed by atoms with E-state index in [2.05, 4.69) is 10.3 Å². The van der Waals surface area contributed by atoms with Crippen molar-refractivity contribution in [1.29, 1.82) is 0 Å². The molecule has 4 nitrogen and oxygen atoms in total. The standard InChI is InChI=1S/C20H18N2O2/c1-24-15-9-7-13(8-10-15)16-12-17(16)20(23)22-18-6-2-4-14-5-3-11-21-19(14)18/h2-11,16-17H,12H2,1H3,(H,22,23)/t16-,17-/m1/s1. The molecule has 0 spiro atoms. The first-order valence-electron chi connectivity index (χ1n) is 8.05. The van der Waals surface area contributed by atoms with Crippen LogP contribution in [0.4, 0.5) is 5.69 Å². The summed E-state index contributed by atoms with van der Waals surface area (Å²) in [7, 11) is 1.65. The fraction of sp³-hybridized carbons (Fsp3) is 0.200. The second kappa shape index (κ2) is 5.96. The molecule has 1 saturated carbocycles. The average Bonchev–Trinajstić information content (AvgIpc) is 3.43. The molecule has 2 atom stereocenters. The molecular weight excluding hydrogens is 300 g/mol. The number of amides is 1. The van der Waals surface area contributed by atoms with Crippen molar-refractivity contribution in [3.8, 4) is 5.75 Å². The first-order chi connectivity index (χ1) is 11.8. The lowest BCUT2D eigenvalue weighted by Gasteiger charge is -2.08. The number of anilines is 1. The minimum Gasteiger partial charge on any atom is -0.497 e. The molecule has 4 heteroatoms. The molecule has 24 heavy (non-hydrogen) atoms. The molecular formula is C20H18N2O2. The number of nitrogens with zero attached hydrogens (tertiary/aromatic N) is 1. The monoisotopic (exact) mass is 318 g/mol. The Morgan fingerprint density at radius 3 is 2.71 bits per heavy atom. The zero-order chi connectivity index (χ0) is 16.5. The van der Waals surface area contributed by atoms with Crippen LogP contribution >= 0.6 is 0 Å². The maximum absolute atomic E-state index is 12.6. The number of benzene rings is 2. The van der Waals surface area contributed by atoms with E-state index in [0.717, 1.165) is 28.8 Å². The molecule has 1 heterocycles. The van der Waals surface area contributed by atoms with Gasteiger partial charge in [-0.15, -0.1) is 0 Å². The van der Waals surface area contributed by atoms with Crippen LogP contribution in [0.1, 0.15) is 17.9 Å². The smallest absolute Gasteiger partial charge is 0.228 e. The van der Waals surface area contributed by atoms with Crippen LogP contribution in [-0.4, -0.2) is 18.0 Å². The minimum absolute atomic E-state index is 0.0253. The normalized spacial score (nSPS) is 19.0.